The number of likely N-dealkylation sites (N-methyl/N-ethyl adjacent to an activating group) is 1. The first-order valence-corrected chi connectivity index (χ1v) is 9.18. The molecule has 1 aliphatic carbocycles. The fourth-order valence-electron chi connectivity index (χ4n) is 3.94. The first-order valence-electron chi connectivity index (χ1n) is 9.18. The maximum absolute atomic E-state index is 13.0. The number of carbonyl (C=O) groups excluding carboxylic acids is 3. The van der Waals surface area contributed by atoms with Crippen molar-refractivity contribution in [2.45, 2.75) is 50.4 Å². The van der Waals surface area contributed by atoms with Crippen LogP contribution in [0.3, 0.4) is 0 Å². The number of benzene rings is 1. The third-order valence-electron chi connectivity index (χ3n) is 5.80. The molecule has 1 aromatic carbocycles. The molecule has 0 bridgehead atoms. The van der Waals surface area contributed by atoms with Crippen LogP contribution in [0.4, 0.5) is 0 Å². The van der Waals surface area contributed by atoms with E-state index in [1.165, 1.54) is 12.8 Å². The lowest BCUT2D eigenvalue weighted by atomic mass is 10.0. The number of nitrogens with zero attached hydrogens (tertiary/aromatic N) is 1. The van der Waals surface area contributed by atoms with Crippen LogP contribution >= 0.6 is 0 Å². The molecule has 1 unspecified atom stereocenters. The predicted molar refractivity (Wildman–Crippen MR) is 95.2 cm³/mol. The largest absolute Gasteiger partial charge is 0.322 e. The van der Waals surface area contributed by atoms with E-state index in [2.05, 4.69) is 16.0 Å². The zero-order chi connectivity index (χ0) is 18.3. The molecule has 1 saturated heterocycles. The SMILES string of the molecule is CNC1(CNCc2cccc3c2C(=O)N(C2CCC(=O)NC2=O)C3)CC1. The predicted octanol–water partition coefficient (Wildman–Crippen LogP) is 0.289. The molecule has 1 atom stereocenters. The Kier molecular flexibility index (Phi) is 4.28. The molecule has 0 aromatic heterocycles. The molecule has 4 rings (SSSR count). The van der Waals surface area contributed by atoms with Crippen molar-refractivity contribution in [2.75, 3.05) is 13.6 Å². The molecular weight excluding hydrogens is 332 g/mol. The minimum atomic E-state index is -0.563. The van der Waals surface area contributed by atoms with Crippen LogP contribution in [-0.2, 0) is 22.7 Å². The van der Waals surface area contributed by atoms with Crippen molar-refractivity contribution in [3.05, 3.63) is 34.9 Å². The van der Waals surface area contributed by atoms with Gasteiger partial charge in [-0.15, -0.1) is 0 Å². The van der Waals surface area contributed by atoms with Crippen LogP contribution in [0, 0.1) is 0 Å². The molecule has 3 amide bonds. The summed E-state index contributed by atoms with van der Waals surface area (Å²) in [6.07, 6.45) is 3.01. The summed E-state index contributed by atoms with van der Waals surface area (Å²) < 4.78 is 0. The quantitative estimate of drug-likeness (QED) is 0.638. The van der Waals surface area contributed by atoms with E-state index in [0.29, 0.717) is 25.1 Å². The van der Waals surface area contributed by atoms with Crippen molar-refractivity contribution in [2.24, 2.45) is 0 Å². The molecule has 7 nitrogen and oxygen atoms in total. The van der Waals surface area contributed by atoms with Gasteiger partial charge >= 0.3 is 0 Å². The number of carbonyl (C=O) groups is 3. The molecule has 3 aliphatic rings. The summed E-state index contributed by atoms with van der Waals surface area (Å²) in [7, 11) is 1.98. The van der Waals surface area contributed by atoms with Gasteiger partial charge in [0, 0.05) is 37.2 Å². The second kappa shape index (κ2) is 6.48. The first kappa shape index (κ1) is 17.2. The average Bonchev–Trinajstić information content (AvgIpc) is 3.33. The standard InChI is InChI=1S/C19H24N4O3/c1-20-19(7-8-19)11-21-9-12-3-2-4-13-10-23(18(26)16(12)13)14-5-6-15(24)22-17(14)25/h2-4,14,20-21H,5-11H2,1H3,(H,22,24,25). The van der Waals surface area contributed by atoms with Gasteiger partial charge in [0.2, 0.25) is 11.8 Å². The van der Waals surface area contributed by atoms with Crippen molar-refractivity contribution < 1.29 is 14.4 Å². The lowest BCUT2D eigenvalue weighted by Crippen LogP contribution is -2.52. The fraction of sp³-hybridized carbons (Fsp3) is 0.526. The van der Waals surface area contributed by atoms with Crippen LogP contribution in [-0.4, -0.2) is 47.8 Å². The highest BCUT2D eigenvalue weighted by Gasteiger charge is 2.41. The zero-order valence-electron chi connectivity index (χ0n) is 14.9. The molecule has 1 saturated carbocycles. The van der Waals surface area contributed by atoms with Crippen LogP contribution in [0.15, 0.2) is 18.2 Å². The van der Waals surface area contributed by atoms with Crippen LogP contribution in [0.1, 0.15) is 47.2 Å². The highest BCUT2D eigenvalue weighted by Crippen LogP contribution is 2.34. The van der Waals surface area contributed by atoms with Crippen molar-refractivity contribution in [3.8, 4) is 0 Å². The molecule has 1 aromatic rings. The monoisotopic (exact) mass is 356 g/mol. The van der Waals surface area contributed by atoms with Gasteiger partial charge in [0.1, 0.15) is 6.04 Å². The van der Waals surface area contributed by atoms with Crippen LogP contribution < -0.4 is 16.0 Å². The Bertz CT molecular complexity index is 772. The molecule has 0 spiro atoms. The highest BCUT2D eigenvalue weighted by molar-refractivity contribution is 6.05. The van der Waals surface area contributed by atoms with Crippen molar-refractivity contribution in [3.63, 3.8) is 0 Å². The number of hydrogen-bond acceptors (Lipinski definition) is 5. The number of rotatable bonds is 6. The zero-order valence-corrected chi connectivity index (χ0v) is 14.9. The first-order chi connectivity index (χ1) is 12.5. The van der Waals surface area contributed by atoms with E-state index < -0.39 is 6.04 Å². The van der Waals surface area contributed by atoms with E-state index in [9.17, 15) is 14.4 Å². The van der Waals surface area contributed by atoms with E-state index in [0.717, 1.165) is 17.7 Å². The van der Waals surface area contributed by atoms with E-state index in [1.54, 1.807) is 4.90 Å². The van der Waals surface area contributed by atoms with Gasteiger partial charge < -0.3 is 15.5 Å². The van der Waals surface area contributed by atoms with Gasteiger partial charge in [0.15, 0.2) is 0 Å². The summed E-state index contributed by atoms with van der Waals surface area (Å²) in [6, 6.07) is 5.31. The molecule has 2 heterocycles. The highest BCUT2D eigenvalue weighted by atomic mass is 16.2. The van der Waals surface area contributed by atoms with Crippen LogP contribution in [0.5, 0.6) is 0 Å². The van der Waals surface area contributed by atoms with Gasteiger partial charge in [-0.05, 0) is 37.4 Å². The number of amides is 3. The van der Waals surface area contributed by atoms with E-state index in [1.807, 2.05) is 25.2 Å². The molecule has 2 fully saturated rings. The van der Waals surface area contributed by atoms with Crippen LogP contribution in [0.25, 0.3) is 0 Å². The topological polar surface area (TPSA) is 90.5 Å². The number of imide groups is 1. The number of fused-ring (bicyclic) bond motifs is 1. The van der Waals surface area contributed by atoms with Gasteiger partial charge in [-0.1, -0.05) is 18.2 Å². The average molecular weight is 356 g/mol. The summed E-state index contributed by atoms with van der Waals surface area (Å²) in [5.41, 5.74) is 2.84. The maximum Gasteiger partial charge on any atom is 0.255 e. The Balaban J connectivity index is 1.48. The van der Waals surface area contributed by atoms with Gasteiger partial charge in [0.05, 0.1) is 0 Å². The second-order valence-corrected chi connectivity index (χ2v) is 7.49. The summed E-state index contributed by atoms with van der Waals surface area (Å²) in [5, 5.41) is 9.15. The summed E-state index contributed by atoms with van der Waals surface area (Å²) >= 11 is 0. The molecule has 3 N–H and O–H groups in total. The van der Waals surface area contributed by atoms with Gasteiger partial charge in [0.25, 0.3) is 5.91 Å². The van der Waals surface area contributed by atoms with Crippen molar-refractivity contribution >= 4 is 17.7 Å². The molecular formula is C19H24N4O3. The minimum absolute atomic E-state index is 0.110. The number of nitrogens with one attached hydrogen (secondary N) is 3. The fourth-order valence-corrected chi connectivity index (χ4v) is 3.94. The normalized spacial score (nSPS) is 23.8. The molecule has 7 heteroatoms. The summed E-state index contributed by atoms with van der Waals surface area (Å²) in [5.74, 6) is -0.743. The number of piperidine rings is 1. The van der Waals surface area contributed by atoms with E-state index >= 15 is 0 Å². The Hall–Kier alpha value is -2.25. The smallest absolute Gasteiger partial charge is 0.255 e. The lowest BCUT2D eigenvalue weighted by molar-refractivity contribution is -0.136. The Labute approximate surface area is 152 Å². The molecule has 138 valence electrons. The Morgan fingerprint density at radius 2 is 2.08 bits per heavy atom. The second-order valence-electron chi connectivity index (χ2n) is 7.49. The third-order valence-corrected chi connectivity index (χ3v) is 5.80. The molecule has 0 radical (unpaired) electrons. The van der Waals surface area contributed by atoms with Crippen molar-refractivity contribution in [1.82, 2.24) is 20.9 Å². The summed E-state index contributed by atoms with van der Waals surface area (Å²) in [4.78, 5) is 38.1. The molecule has 2 aliphatic heterocycles. The van der Waals surface area contributed by atoms with Gasteiger partial charge in [-0.3, -0.25) is 19.7 Å². The Morgan fingerprint density at radius 3 is 2.77 bits per heavy atom. The van der Waals surface area contributed by atoms with Gasteiger partial charge in [-0.2, -0.15) is 0 Å². The number of hydrogen-bond donors (Lipinski definition) is 3. The van der Waals surface area contributed by atoms with Gasteiger partial charge in [-0.25, -0.2) is 0 Å². The van der Waals surface area contributed by atoms with E-state index in [-0.39, 0.29) is 29.7 Å². The third kappa shape index (κ3) is 3.01. The van der Waals surface area contributed by atoms with Crippen LogP contribution in [0.2, 0.25) is 0 Å². The summed E-state index contributed by atoms with van der Waals surface area (Å²) in [6.45, 7) is 1.93. The molecule has 26 heavy (non-hydrogen) atoms. The van der Waals surface area contributed by atoms with Crippen molar-refractivity contribution in [1.29, 1.82) is 0 Å². The maximum atomic E-state index is 13.0. The minimum Gasteiger partial charge on any atom is -0.322 e. The van der Waals surface area contributed by atoms with E-state index in [4.69, 9.17) is 0 Å². The lowest BCUT2D eigenvalue weighted by Gasteiger charge is -2.29. The Morgan fingerprint density at radius 1 is 1.27 bits per heavy atom.